The highest BCUT2D eigenvalue weighted by Gasteiger charge is 2.16. The van der Waals surface area contributed by atoms with Crippen LogP contribution in [-0.2, 0) is 11.3 Å². The molecule has 24 heavy (non-hydrogen) atoms. The summed E-state index contributed by atoms with van der Waals surface area (Å²) in [5, 5.41) is 2.94. The number of para-hydroxylation sites is 1. The lowest BCUT2D eigenvalue weighted by molar-refractivity contribution is -0.684. The molecule has 1 N–H and O–H groups in total. The van der Waals surface area contributed by atoms with Gasteiger partial charge in [-0.1, -0.05) is 18.2 Å². The number of aryl methyl sites for hydroxylation is 2. The monoisotopic (exact) mass is 347 g/mol. The van der Waals surface area contributed by atoms with E-state index in [9.17, 15) is 9.59 Å². The molecule has 0 atom stereocenters. The number of rotatable bonds is 4. The minimum Gasteiger partial charge on any atom is -1.00 e. The summed E-state index contributed by atoms with van der Waals surface area (Å²) in [6, 6.07) is 9.40. The Balaban J connectivity index is 0.00000288. The first kappa shape index (κ1) is 19.6. The molecule has 1 aromatic heterocycles. The van der Waals surface area contributed by atoms with E-state index in [1.165, 1.54) is 4.90 Å². The number of nitrogens with zero attached hydrogens (tertiary/aromatic N) is 2. The molecule has 0 saturated carbocycles. The van der Waals surface area contributed by atoms with Crippen LogP contribution in [0, 0.1) is 13.8 Å². The van der Waals surface area contributed by atoms with Crippen LogP contribution in [0.2, 0.25) is 0 Å². The van der Waals surface area contributed by atoms with Gasteiger partial charge in [0.05, 0.1) is 0 Å². The number of anilines is 1. The molecule has 2 rings (SSSR count). The van der Waals surface area contributed by atoms with Crippen molar-refractivity contribution in [3.63, 3.8) is 0 Å². The van der Waals surface area contributed by atoms with Gasteiger partial charge in [0.25, 0.3) is 11.8 Å². The highest BCUT2D eigenvalue weighted by molar-refractivity contribution is 5.93. The summed E-state index contributed by atoms with van der Waals surface area (Å²) in [6.07, 6.45) is 3.46. The molecule has 2 amide bonds. The van der Waals surface area contributed by atoms with E-state index in [0.29, 0.717) is 5.56 Å². The number of aromatic nitrogens is 1. The molecular weight excluding hydrogens is 326 g/mol. The van der Waals surface area contributed by atoms with E-state index >= 15 is 0 Å². The number of pyridine rings is 1. The highest BCUT2D eigenvalue weighted by atomic mass is 35.5. The predicted molar refractivity (Wildman–Crippen MR) is 89.2 cm³/mol. The Morgan fingerprint density at radius 3 is 2.29 bits per heavy atom. The minimum atomic E-state index is -0.123. The van der Waals surface area contributed by atoms with E-state index in [4.69, 9.17) is 0 Å². The van der Waals surface area contributed by atoms with E-state index in [1.54, 1.807) is 43.2 Å². The average Bonchev–Trinajstić information content (AvgIpc) is 2.50. The molecule has 2 aromatic rings. The molecule has 0 aliphatic rings. The van der Waals surface area contributed by atoms with Gasteiger partial charge >= 0.3 is 0 Å². The van der Waals surface area contributed by atoms with Crippen molar-refractivity contribution in [2.24, 2.45) is 0 Å². The first-order valence-corrected chi connectivity index (χ1v) is 7.45. The van der Waals surface area contributed by atoms with Crippen molar-refractivity contribution >= 4 is 17.5 Å². The van der Waals surface area contributed by atoms with Crippen molar-refractivity contribution in [1.29, 1.82) is 0 Å². The van der Waals surface area contributed by atoms with Gasteiger partial charge in [-0.15, -0.1) is 0 Å². The molecule has 128 valence electrons. The fourth-order valence-corrected chi connectivity index (χ4v) is 2.36. The van der Waals surface area contributed by atoms with Crippen LogP contribution in [0.15, 0.2) is 42.7 Å². The van der Waals surface area contributed by atoms with Crippen molar-refractivity contribution in [2.45, 2.75) is 20.4 Å². The van der Waals surface area contributed by atoms with Crippen molar-refractivity contribution in [3.05, 3.63) is 59.4 Å². The topological polar surface area (TPSA) is 53.3 Å². The fraction of sp³-hybridized carbons (Fsp3) is 0.278. The quantitative estimate of drug-likeness (QED) is 0.717. The molecule has 0 saturated heterocycles. The van der Waals surface area contributed by atoms with Gasteiger partial charge in [0.1, 0.15) is 5.56 Å². The van der Waals surface area contributed by atoms with Crippen molar-refractivity contribution in [3.8, 4) is 0 Å². The molecule has 0 spiro atoms. The number of hydrogen-bond donors (Lipinski definition) is 1. The van der Waals surface area contributed by atoms with Crippen LogP contribution >= 0.6 is 0 Å². The molecule has 0 bridgehead atoms. The summed E-state index contributed by atoms with van der Waals surface area (Å²) in [6.45, 7) is 4.08. The Labute approximate surface area is 148 Å². The van der Waals surface area contributed by atoms with Crippen molar-refractivity contribution in [1.82, 2.24) is 4.90 Å². The van der Waals surface area contributed by atoms with Crippen molar-refractivity contribution in [2.75, 3.05) is 19.4 Å². The van der Waals surface area contributed by atoms with Gasteiger partial charge in [-0.2, -0.15) is 4.57 Å². The van der Waals surface area contributed by atoms with Gasteiger partial charge in [0, 0.05) is 25.8 Å². The van der Waals surface area contributed by atoms with Crippen LogP contribution < -0.4 is 22.3 Å². The first-order chi connectivity index (χ1) is 10.9. The van der Waals surface area contributed by atoms with Gasteiger partial charge in [-0.3, -0.25) is 9.59 Å². The van der Waals surface area contributed by atoms with Crippen LogP contribution in [0.25, 0.3) is 0 Å². The number of nitrogens with one attached hydrogen (secondary N) is 1. The predicted octanol–water partition coefficient (Wildman–Crippen LogP) is -1.06. The maximum Gasteiger partial charge on any atom is 0.290 e. The van der Waals surface area contributed by atoms with Crippen LogP contribution in [0.3, 0.4) is 0 Å². The smallest absolute Gasteiger partial charge is 0.290 e. The summed E-state index contributed by atoms with van der Waals surface area (Å²) >= 11 is 0. The third kappa shape index (κ3) is 4.80. The molecule has 0 aliphatic heterocycles. The second-order valence-corrected chi connectivity index (χ2v) is 5.78. The zero-order valence-electron chi connectivity index (χ0n) is 14.3. The average molecular weight is 348 g/mol. The van der Waals surface area contributed by atoms with Crippen LogP contribution in [0.4, 0.5) is 5.69 Å². The Kier molecular flexibility index (Phi) is 6.92. The summed E-state index contributed by atoms with van der Waals surface area (Å²) in [7, 11) is 3.40. The summed E-state index contributed by atoms with van der Waals surface area (Å²) in [4.78, 5) is 25.8. The SMILES string of the molecule is Cc1cccc(C)c1NC(=O)C[n+]1cccc(C(=O)N(C)C)c1.[Cl-]. The Morgan fingerprint density at radius 2 is 1.71 bits per heavy atom. The number of carbonyl (C=O) groups excluding carboxylic acids is 2. The van der Waals surface area contributed by atoms with Gasteiger partial charge in [-0.05, 0) is 31.0 Å². The summed E-state index contributed by atoms with van der Waals surface area (Å²) in [5.74, 6) is -0.212. The van der Waals surface area contributed by atoms with Crippen LogP contribution in [0.5, 0.6) is 0 Å². The molecular formula is C18H22ClN3O2. The Hall–Kier alpha value is -2.40. The van der Waals surface area contributed by atoms with E-state index in [0.717, 1.165) is 16.8 Å². The molecule has 5 nitrogen and oxygen atoms in total. The number of hydrogen-bond acceptors (Lipinski definition) is 2. The zero-order chi connectivity index (χ0) is 17.0. The third-order valence-electron chi connectivity index (χ3n) is 3.58. The van der Waals surface area contributed by atoms with Gasteiger partial charge in [0.15, 0.2) is 12.4 Å². The summed E-state index contributed by atoms with van der Waals surface area (Å²) in [5.41, 5.74) is 3.45. The molecule has 1 aromatic carbocycles. The fourth-order valence-electron chi connectivity index (χ4n) is 2.36. The van der Waals surface area contributed by atoms with Gasteiger partial charge in [-0.25, -0.2) is 0 Å². The van der Waals surface area contributed by atoms with Crippen LogP contribution in [0.1, 0.15) is 21.5 Å². The zero-order valence-corrected chi connectivity index (χ0v) is 15.1. The lowest BCUT2D eigenvalue weighted by Gasteiger charge is -2.11. The minimum absolute atomic E-state index is 0. The standard InChI is InChI=1S/C18H21N3O2.ClH/c1-13-7-5-8-14(2)17(13)19-16(22)12-21-10-6-9-15(11-21)18(23)20(3)4;/h5-11H,12H2,1-4H3;1H. The van der Waals surface area contributed by atoms with E-state index < -0.39 is 0 Å². The first-order valence-electron chi connectivity index (χ1n) is 7.45. The van der Waals surface area contributed by atoms with E-state index in [-0.39, 0.29) is 30.8 Å². The lowest BCUT2D eigenvalue weighted by atomic mass is 10.1. The highest BCUT2D eigenvalue weighted by Crippen LogP contribution is 2.19. The Bertz CT molecular complexity index is 725. The largest absolute Gasteiger partial charge is 1.00 e. The molecule has 1 heterocycles. The number of halogens is 1. The van der Waals surface area contributed by atoms with Crippen LogP contribution in [-0.4, -0.2) is 30.8 Å². The van der Waals surface area contributed by atoms with Gasteiger partial charge in [0.2, 0.25) is 6.54 Å². The number of carbonyl (C=O) groups is 2. The van der Waals surface area contributed by atoms with Gasteiger partial charge < -0.3 is 22.6 Å². The normalized spacial score (nSPS) is 9.83. The molecule has 0 fully saturated rings. The second-order valence-electron chi connectivity index (χ2n) is 5.78. The number of amides is 2. The maximum absolute atomic E-state index is 12.3. The maximum atomic E-state index is 12.3. The third-order valence-corrected chi connectivity index (χ3v) is 3.58. The molecule has 0 unspecified atom stereocenters. The molecule has 0 radical (unpaired) electrons. The van der Waals surface area contributed by atoms with E-state index in [2.05, 4.69) is 5.32 Å². The van der Waals surface area contributed by atoms with E-state index in [1.807, 2.05) is 32.0 Å². The molecule has 6 heteroatoms. The second kappa shape index (κ2) is 8.45. The van der Waals surface area contributed by atoms with Crippen molar-refractivity contribution < 1.29 is 26.6 Å². The number of benzene rings is 1. The summed E-state index contributed by atoms with van der Waals surface area (Å²) < 4.78 is 1.71. The Morgan fingerprint density at radius 1 is 1.08 bits per heavy atom. The molecule has 0 aliphatic carbocycles. The lowest BCUT2D eigenvalue weighted by Crippen LogP contribution is -3.00.